The molecule has 0 aromatic rings. The Morgan fingerprint density at radius 2 is 2.17 bits per heavy atom. The molecule has 1 amide bonds. The van der Waals surface area contributed by atoms with Gasteiger partial charge in [0.1, 0.15) is 18.6 Å². The summed E-state index contributed by atoms with van der Waals surface area (Å²) >= 11 is 0. The zero-order chi connectivity index (χ0) is 18.1. The number of carbonyl (C=O) groups excluding carboxylic acids is 2. The Kier molecular flexibility index (Phi) is 8.88. The first-order valence-corrected chi connectivity index (χ1v) is 8.52. The van der Waals surface area contributed by atoms with Gasteiger partial charge in [0.2, 0.25) is 5.91 Å². The maximum absolute atomic E-state index is 12.5. The summed E-state index contributed by atoms with van der Waals surface area (Å²) in [6.07, 6.45) is 3.45. The van der Waals surface area contributed by atoms with Crippen molar-refractivity contribution in [1.82, 2.24) is 10.2 Å². The molecule has 4 atom stereocenters. The summed E-state index contributed by atoms with van der Waals surface area (Å²) in [6, 6.07) is -1.76. The molecule has 0 aromatic carbocycles. The van der Waals surface area contributed by atoms with Crippen LogP contribution in [0.15, 0.2) is 0 Å². The van der Waals surface area contributed by atoms with Crippen molar-refractivity contribution in [2.75, 3.05) is 13.2 Å². The van der Waals surface area contributed by atoms with E-state index in [-0.39, 0.29) is 12.1 Å². The largest absolute Gasteiger partial charge is 0.480 e. The van der Waals surface area contributed by atoms with Crippen LogP contribution < -0.4 is 11.1 Å². The fourth-order valence-corrected chi connectivity index (χ4v) is 2.91. The highest BCUT2D eigenvalue weighted by atomic mass is 16.5. The predicted octanol–water partition coefficient (Wildman–Crippen LogP) is 0.0992. The number of hydrogen-bond acceptors (Lipinski definition) is 6. The highest BCUT2D eigenvalue weighted by Gasteiger charge is 2.36. The van der Waals surface area contributed by atoms with Crippen LogP contribution in [0.4, 0.5) is 0 Å². The predicted molar refractivity (Wildman–Crippen MR) is 88.3 cm³/mol. The lowest BCUT2D eigenvalue weighted by Gasteiger charge is -2.28. The summed E-state index contributed by atoms with van der Waals surface area (Å²) in [6.45, 7) is 4.52. The molecule has 1 heterocycles. The number of nitrogens with two attached hydrogens (primary N) is 1. The van der Waals surface area contributed by atoms with E-state index in [1.807, 2.05) is 6.92 Å². The number of nitrogens with zero attached hydrogens (tertiary/aromatic N) is 1. The van der Waals surface area contributed by atoms with Gasteiger partial charge in [0.25, 0.3) is 0 Å². The van der Waals surface area contributed by atoms with E-state index in [1.54, 1.807) is 6.92 Å². The summed E-state index contributed by atoms with van der Waals surface area (Å²) in [5.41, 5.74) is 5.56. The van der Waals surface area contributed by atoms with Crippen LogP contribution >= 0.6 is 0 Å². The maximum Gasteiger partial charge on any atom is 0.326 e. The molecule has 8 nitrogen and oxygen atoms in total. The molecule has 4 N–H and O–H groups in total. The van der Waals surface area contributed by atoms with E-state index in [1.165, 1.54) is 4.90 Å². The number of amides is 1. The summed E-state index contributed by atoms with van der Waals surface area (Å²) < 4.78 is 5.59. The number of hydrogen-bond donors (Lipinski definition) is 3. The summed E-state index contributed by atoms with van der Waals surface area (Å²) in [7, 11) is 0. The molecule has 1 aliphatic rings. The second-order valence-electron chi connectivity index (χ2n) is 6.09. The molecule has 1 unspecified atom stereocenters. The third kappa shape index (κ3) is 6.18. The first kappa shape index (κ1) is 20.5. The van der Waals surface area contributed by atoms with Crippen LogP contribution in [0.5, 0.6) is 0 Å². The van der Waals surface area contributed by atoms with Crippen molar-refractivity contribution in [3.8, 4) is 0 Å². The quantitative estimate of drug-likeness (QED) is 0.359. The van der Waals surface area contributed by atoms with Crippen molar-refractivity contribution >= 4 is 18.2 Å². The van der Waals surface area contributed by atoms with Crippen molar-refractivity contribution in [3.63, 3.8) is 0 Å². The van der Waals surface area contributed by atoms with E-state index >= 15 is 0 Å². The third-order valence-electron chi connectivity index (χ3n) is 4.17. The Morgan fingerprint density at radius 1 is 1.46 bits per heavy atom. The standard InChI is InChI=1S/C16H29N3O5/c1-3-24-14(8-4-6-12(17)10-20)18-11(2)15(21)19-9-5-7-13(19)16(22)23/h10-14,18H,3-9,17H2,1-2H3,(H,22,23)/t11-,12+,13+,14?/m1/s1. The molecule has 1 aliphatic heterocycles. The van der Waals surface area contributed by atoms with Crippen LogP contribution in [0.1, 0.15) is 46.0 Å². The molecule has 0 saturated carbocycles. The van der Waals surface area contributed by atoms with Crippen LogP contribution in [0.2, 0.25) is 0 Å². The minimum Gasteiger partial charge on any atom is -0.480 e. The van der Waals surface area contributed by atoms with Gasteiger partial charge in [-0.25, -0.2) is 4.79 Å². The summed E-state index contributed by atoms with van der Waals surface area (Å²) in [4.78, 5) is 35.7. The van der Waals surface area contributed by atoms with E-state index < -0.39 is 24.1 Å². The zero-order valence-corrected chi connectivity index (χ0v) is 14.4. The lowest BCUT2D eigenvalue weighted by atomic mass is 10.1. The van der Waals surface area contributed by atoms with Gasteiger partial charge >= 0.3 is 5.97 Å². The number of nitrogens with one attached hydrogen (secondary N) is 1. The molecule has 1 fully saturated rings. The van der Waals surface area contributed by atoms with E-state index in [2.05, 4.69) is 5.32 Å². The lowest BCUT2D eigenvalue weighted by molar-refractivity contribution is -0.149. The Labute approximate surface area is 142 Å². The SMILES string of the molecule is CCOC(CCC[C@H](N)C=O)N[C@H](C)C(=O)N1CCC[C@H]1C(=O)O. The molecular weight excluding hydrogens is 314 g/mol. The molecule has 0 aromatic heterocycles. The van der Waals surface area contributed by atoms with Gasteiger partial charge in [0, 0.05) is 13.2 Å². The smallest absolute Gasteiger partial charge is 0.326 e. The number of carboxylic acids is 1. The van der Waals surface area contributed by atoms with Gasteiger partial charge in [-0.1, -0.05) is 0 Å². The van der Waals surface area contributed by atoms with Crippen LogP contribution in [0, 0.1) is 0 Å². The van der Waals surface area contributed by atoms with Crippen LogP contribution in [0.25, 0.3) is 0 Å². The molecule has 138 valence electrons. The van der Waals surface area contributed by atoms with Gasteiger partial charge in [0.15, 0.2) is 0 Å². The van der Waals surface area contributed by atoms with Crippen molar-refractivity contribution in [1.29, 1.82) is 0 Å². The Morgan fingerprint density at radius 3 is 2.75 bits per heavy atom. The third-order valence-corrected chi connectivity index (χ3v) is 4.17. The molecule has 1 rings (SSSR count). The lowest BCUT2D eigenvalue weighted by Crippen LogP contribution is -2.51. The Balaban J connectivity index is 2.53. The second-order valence-corrected chi connectivity index (χ2v) is 6.09. The van der Waals surface area contributed by atoms with Gasteiger partial charge in [-0.05, 0) is 46.0 Å². The van der Waals surface area contributed by atoms with Crippen molar-refractivity contribution in [2.45, 2.75) is 70.3 Å². The molecule has 0 aliphatic carbocycles. The van der Waals surface area contributed by atoms with E-state index in [4.69, 9.17) is 10.5 Å². The fraction of sp³-hybridized carbons (Fsp3) is 0.812. The molecule has 24 heavy (non-hydrogen) atoms. The van der Waals surface area contributed by atoms with E-state index in [0.29, 0.717) is 51.5 Å². The number of ether oxygens (including phenoxy) is 1. The van der Waals surface area contributed by atoms with E-state index in [0.717, 1.165) is 0 Å². The second kappa shape index (κ2) is 10.4. The minimum absolute atomic E-state index is 0.228. The van der Waals surface area contributed by atoms with Gasteiger partial charge in [-0.2, -0.15) is 0 Å². The Bertz CT molecular complexity index is 432. The number of carboxylic acid groups (broad SMARTS) is 1. The number of aldehydes is 1. The molecule has 8 heteroatoms. The van der Waals surface area contributed by atoms with E-state index in [9.17, 15) is 19.5 Å². The van der Waals surface area contributed by atoms with Crippen LogP contribution in [-0.2, 0) is 19.1 Å². The van der Waals surface area contributed by atoms with Crippen LogP contribution in [-0.4, -0.2) is 65.7 Å². The van der Waals surface area contributed by atoms with Gasteiger partial charge < -0.3 is 25.3 Å². The average molecular weight is 343 g/mol. The normalized spacial score (nSPS) is 21.3. The molecule has 0 bridgehead atoms. The van der Waals surface area contributed by atoms with Gasteiger partial charge in [-0.15, -0.1) is 0 Å². The van der Waals surface area contributed by atoms with Crippen LogP contribution in [0.3, 0.4) is 0 Å². The zero-order valence-electron chi connectivity index (χ0n) is 14.4. The number of rotatable bonds is 11. The van der Waals surface area contributed by atoms with Crippen molar-refractivity contribution in [2.24, 2.45) is 5.73 Å². The molecule has 0 radical (unpaired) electrons. The minimum atomic E-state index is -0.961. The maximum atomic E-state index is 12.5. The van der Waals surface area contributed by atoms with Crippen molar-refractivity contribution in [3.05, 3.63) is 0 Å². The fourth-order valence-electron chi connectivity index (χ4n) is 2.91. The molecule has 1 saturated heterocycles. The highest BCUT2D eigenvalue weighted by Crippen LogP contribution is 2.18. The van der Waals surface area contributed by atoms with Crippen molar-refractivity contribution < 1.29 is 24.2 Å². The number of carbonyl (C=O) groups is 3. The summed E-state index contributed by atoms with van der Waals surface area (Å²) in [5.74, 6) is -1.19. The number of likely N-dealkylation sites (tertiary alicyclic amines) is 1. The first-order valence-electron chi connectivity index (χ1n) is 8.52. The highest BCUT2D eigenvalue weighted by molar-refractivity contribution is 5.87. The van der Waals surface area contributed by atoms with Gasteiger partial charge in [0.05, 0.1) is 12.1 Å². The number of aliphatic carboxylic acids is 1. The topological polar surface area (TPSA) is 122 Å². The Hall–Kier alpha value is -1.51. The monoisotopic (exact) mass is 343 g/mol. The molecule has 0 spiro atoms. The average Bonchev–Trinajstić information content (AvgIpc) is 3.03. The summed E-state index contributed by atoms with van der Waals surface area (Å²) in [5, 5.41) is 12.3. The van der Waals surface area contributed by atoms with Gasteiger partial charge in [-0.3, -0.25) is 10.1 Å². The molecular formula is C16H29N3O5. The first-order chi connectivity index (χ1) is 11.4.